The molecule has 0 heterocycles. The minimum atomic E-state index is -4.41. The first kappa shape index (κ1) is 18.5. The molecule has 0 aromatic heterocycles. The van der Waals surface area contributed by atoms with Crippen LogP contribution in [0.3, 0.4) is 0 Å². The number of benzene rings is 3. The van der Waals surface area contributed by atoms with E-state index in [0.717, 1.165) is 11.1 Å². The van der Waals surface area contributed by atoms with E-state index in [1.165, 1.54) is 23.9 Å². The van der Waals surface area contributed by atoms with Crippen LogP contribution < -0.4 is 0 Å². The molecule has 0 radical (unpaired) electrons. The summed E-state index contributed by atoms with van der Waals surface area (Å²) in [5.74, 6) is 0.563. The van der Waals surface area contributed by atoms with Crippen molar-refractivity contribution in [2.24, 2.45) is 0 Å². The van der Waals surface area contributed by atoms with Gasteiger partial charge in [-0.3, -0.25) is 0 Å². The monoisotopic (exact) mass is 374 g/mol. The molecule has 0 spiro atoms. The van der Waals surface area contributed by atoms with Crippen molar-refractivity contribution in [1.82, 2.24) is 0 Å². The second kappa shape index (κ2) is 7.98. The molecule has 0 aliphatic carbocycles. The van der Waals surface area contributed by atoms with Crippen molar-refractivity contribution in [2.45, 2.75) is 23.4 Å². The second-order valence-corrected chi connectivity index (χ2v) is 6.88. The van der Waals surface area contributed by atoms with Gasteiger partial charge in [0.15, 0.2) is 0 Å². The molecule has 0 saturated heterocycles. The summed E-state index contributed by atoms with van der Waals surface area (Å²) in [5.41, 5.74) is 1.92. The predicted molar refractivity (Wildman–Crippen MR) is 98.8 cm³/mol. The predicted octanol–water partition coefficient (Wildman–Crippen LogP) is 6.16. The van der Waals surface area contributed by atoms with Crippen LogP contribution >= 0.6 is 11.8 Å². The number of rotatable bonds is 5. The molecule has 3 aromatic carbocycles. The highest BCUT2D eigenvalue weighted by Gasteiger charge is 2.34. The van der Waals surface area contributed by atoms with Crippen LogP contribution in [-0.4, -0.2) is 5.11 Å². The van der Waals surface area contributed by atoms with E-state index in [1.807, 2.05) is 24.3 Å². The van der Waals surface area contributed by atoms with Crippen molar-refractivity contribution in [2.75, 3.05) is 0 Å². The summed E-state index contributed by atoms with van der Waals surface area (Å²) in [4.78, 5) is 0.572. The van der Waals surface area contributed by atoms with Crippen molar-refractivity contribution in [3.63, 3.8) is 0 Å². The smallest absolute Gasteiger partial charge is 0.392 e. The van der Waals surface area contributed by atoms with Gasteiger partial charge in [-0.2, -0.15) is 13.2 Å². The second-order valence-electron chi connectivity index (χ2n) is 5.83. The summed E-state index contributed by atoms with van der Waals surface area (Å²) in [6.45, 7) is -0.0245. The van der Waals surface area contributed by atoms with Gasteiger partial charge in [-0.1, -0.05) is 60.7 Å². The average molecular weight is 374 g/mol. The zero-order valence-corrected chi connectivity index (χ0v) is 14.6. The minimum absolute atomic E-state index is 0.0245. The first-order chi connectivity index (χ1) is 12.5. The Bertz CT molecular complexity index is 859. The van der Waals surface area contributed by atoms with Gasteiger partial charge in [0, 0.05) is 10.6 Å². The van der Waals surface area contributed by atoms with Crippen molar-refractivity contribution >= 4 is 11.8 Å². The molecule has 0 saturated carbocycles. The largest absolute Gasteiger partial charge is 0.417 e. The van der Waals surface area contributed by atoms with Crippen LogP contribution in [0.2, 0.25) is 0 Å². The van der Waals surface area contributed by atoms with E-state index in [2.05, 4.69) is 0 Å². The zero-order chi connectivity index (χ0) is 18.6. The van der Waals surface area contributed by atoms with Crippen molar-refractivity contribution < 1.29 is 18.3 Å². The number of alkyl halides is 3. The molecule has 1 nitrogen and oxygen atoms in total. The number of hydrogen-bond donors (Lipinski definition) is 1. The van der Waals surface area contributed by atoms with E-state index < -0.39 is 11.7 Å². The SMILES string of the molecule is OCc1ccc(CSc2ccc(-c3ccccc3)c(C(F)(F)F)c2)cc1. The van der Waals surface area contributed by atoms with Crippen molar-refractivity contribution in [1.29, 1.82) is 0 Å². The Morgan fingerprint density at radius 2 is 1.46 bits per heavy atom. The minimum Gasteiger partial charge on any atom is -0.392 e. The Morgan fingerprint density at radius 3 is 2.08 bits per heavy atom. The maximum atomic E-state index is 13.5. The van der Waals surface area contributed by atoms with Crippen LogP contribution in [0.25, 0.3) is 11.1 Å². The van der Waals surface area contributed by atoms with Crippen LogP contribution in [0.5, 0.6) is 0 Å². The molecule has 3 rings (SSSR count). The quantitative estimate of drug-likeness (QED) is 0.540. The molecule has 0 bridgehead atoms. The van der Waals surface area contributed by atoms with Gasteiger partial charge in [0.25, 0.3) is 0 Å². The normalized spacial score (nSPS) is 11.5. The van der Waals surface area contributed by atoms with Crippen LogP contribution in [0.15, 0.2) is 77.7 Å². The highest BCUT2D eigenvalue weighted by molar-refractivity contribution is 7.98. The summed E-state index contributed by atoms with van der Waals surface area (Å²) in [5, 5.41) is 9.05. The third-order valence-electron chi connectivity index (χ3n) is 3.99. The summed E-state index contributed by atoms with van der Waals surface area (Å²) in [6.07, 6.45) is -4.41. The lowest BCUT2D eigenvalue weighted by atomic mass is 9.99. The molecule has 5 heteroatoms. The first-order valence-electron chi connectivity index (χ1n) is 8.05. The van der Waals surface area contributed by atoms with Gasteiger partial charge in [0.2, 0.25) is 0 Å². The molecule has 134 valence electrons. The van der Waals surface area contributed by atoms with Gasteiger partial charge in [-0.05, 0) is 34.4 Å². The highest BCUT2D eigenvalue weighted by atomic mass is 32.2. The summed E-state index contributed by atoms with van der Waals surface area (Å²) >= 11 is 1.36. The molecule has 0 aliphatic rings. The zero-order valence-electron chi connectivity index (χ0n) is 13.8. The van der Waals surface area contributed by atoms with Gasteiger partial charge in [0.05, 0.1) is 12.2 Å². The molecule has 0 amide bonds. The number of aliphatic hydroxyl groups is 1. The third-order valence-corrected chi connectivity index (χ3v) is 5.06. The van der Waals surface area contributed by atoms with E-state index in [-0.39, 0.29) is 12.2 Å². The van der Waals surface area contributed by atoms with Gasteiger partial charge in [-0.25, -0.2) is 0 Å². The molecular formula is C21H17F3OS. The summed E-state index contributed by atoms with van der Waals surface area (Å²) < 4.78 is 40.6. The standard InChI is InChI=1S/C21H17F3OS/c22-21(23,24)20-12-18(10-11-19(20)17-4-2-1-3-5-17)26-14-16-8-6-15(13-25)7-9-16/h1-12,25H,13-14H2. The molecule has 1 N–H and O–H groups in total. The van der Waals surface area contributed by atoms with Gasteiger partial charge in [-0.15, -0.1) is 11.8 Å². The van der Waals surface area contributed by atoms with E-state index in [1.54, 1.807) is 36.4 Å². The van der Waals surface area contributed by atoms with Crippen molar-refractivity contribution in [3.8, 4) is 11.1 Å². The van der Waals surface area contributed by atoms with Crippen molar-refractivity contribution in [3.05, 3.63) is 89.5 Å². The number of hydrogen-bond acceptors (Lipinski definition) is 2. The maximum Gasteiger partial charge on any atom is 0.417 e. The average Bonchev–Trinajstić information content (AvgIpc) is 2.66. The highest BCUT2D eigenvalue weighted by Crippen LogP contribution is 2.39. The lowest BCUT2D eigenvalue weighted by Crippen LogP contribution is -2.07. The maximum absolute atomic E-state index is 13.5. The van der Waals surface area contributed by atoms with E-state index in [0.29, 0.717) is 16.2 Å². The van der Waals surface area contributed by atoms with Gasteiger partial charge < -0.3 is 5.11 Å². The molecule has 0 unspecified atom stereocenters. The Balaban J connectivity index is 1.84. The van der Waals surface area contributed by atoms with Crippen LogP contribution in [0.4, 0.5) is 13.2 Å². The molecule has 3 aromatic rings. The number of aliphatic hydroxyl groups excluding tert-OH is 1. The lowest BCUT2D eigenvalue weighted by molar-refractivity contribution is -0.137. The summed E-state index contributed by atoms with van der Waals surface area (Å²) in [6, 6.07) is 20.5. The fraction of sp³-hybridized carbons (Fsp3) is 0.143. The Morgan fingerprint density at radius 1 is 0.808 bits per heavy atom. The van der Waals surface area contributed by atoms with E-state index in [9.17, 15) is 13.2 Å². The van der Waals surface area contributed by atoms with E-state index in [4.69, 9.17) is 5.11 Å². The molecule has 0 aliphatic heterocycles. The lowest BCUT2D eigenvalue weighted by Gasteiger charge is -2.15. The molecule has 26 heavy (non-hydrogen) atoms. The van der Waals surface area contributed by atoms with Gasteiger partial charge >= 0.3 is 6.18 Å². The van der Waals surface area contributed by atoms with Crippen LogP contribution in [0.1, 0.15) is 16.7 Å². The fourth-order valence-corrected chi connectivity index (χ4v) is 3.52. The van der Waals surface area contributed by atoms with Crippen LogP contribution in [0, 0.1) is 0 Å². The molecule has 0 fully saturated rings. The Kier molecular flexibility index (Phi) is 5.69. The first-order valence-corrected chi connectivity index (χ1v) is 9.04. The third kappa shape index (κ3) is 4.48. The molecular weight excluding hydrogens is 357 g/mol. The topological polar surface area (TPSA) is 20.2 Å². The fourth-order valence-electron chi connectivity index (χ4n) is 2.62. The Hall–Kier alpha value is -2.24. The van der Waals surface area contributed by atoms with Crippen LogP contribution in [-0.2, 0) is 18.5 Å². The van der Waals surface area contributed by atoms with E-state index >= 15 is 0 Å². The molecule has 0 atom stereocenters. The summed E-state index contributed by atoms with van der Waals surface area (Å²) in [7, 11) is 0. The Labute approximate surface area is 154 Å². The van der Waals surface area contributed by atoms with Gasteiger partial charge in [0.1, 0.15) is 0 Å². The number of thioether (sulfide) groups is 1. The number of halogens is 3.